The Morgan fingerprint density at radius 3 is 2.17 bits per heavy atom. The average molecular weight is 434 g/mol. The number of rotatable bonds is 11. The second-order valence-corrected chi connectivity index (χ2v) is 6.80. The smallest absolute Gasteiger partial charge is 0.121 e. The average Bonchev–Trinajstić information content (AvgIpc) is 2.75. The van der Waals surface area contributed by atoms with Crippen molar-refractivity contribution in [2.24, 2.45) is 0 Å². The van der Waals surface area contributed by atoms with E-state index in [1.54, 1.807) is 12.2 Å². The molecule has 0 radical (unpaired) electrons. The molecule has 0 spiro atoms. The maximum atomic E-state index is 12.8. The first-order valence-electron chi connectivity index (χ1n) is 11.2. The van der Waals surface area contributed by atoms with E-state index in [9.17, 15) is 8.78 Å². The van der Waals surface area contributed by atoms with Gasteiger partial charge in [0.25, 0.3) is 0 Å². The molecule has 6 heteroatoms. The second kappa shape index (κ2) is 27.8. The van der Waals surface area contributed by atoms with E-state index in [-0.39, 0.29) is 5.83 Å². The SMILES string of the molecule is C=C/C=C(\C=C(/C)F)OCCN(C)CCCCCC.CC.CF.CN1CCNCC1. The minimum Gasteiger partial charge on any atom is -0.492 e. The van der Waals surface area contributed by atoms with E-state index in [1.807, 2.05) is 13.8 Å². The van der Waals surface area contributed by atoms with Crippen LogP contribution in [0.25, 0.3) is 0 Å². The summed E-state index contributed by atoms with van der Waals surface area (Å²) in [5.74, 6) is 0.260. The second-order valence-electron chi connectivity index (χ2n) is 6.80. The molecule has 1 rings (SSSR count). The van der Waals surface area contributed by atoms with Crippen LogP contribution in [0.3, 0.4) is 0 Å². The Morgan fingerprint density at radius 1 is 1.13 bits per heavy atom. The molecule has 1 heterocycles. The van der Waals surface area contributed by atoms with E-state index in [2.05, 4.69) is 42.7 Å². The van der Waals surface area contributed by atoms with Crippen molar-refractivity contribution in [1.82, 2.24) is 15.1 Å². The molecule has 0 amide bonds. The lowest BCUT2D eigenvalue weighted by Gasteiger charge is -2.21. The first-order chi connectivity index (χ1) is 14.5. The van der Waals surface area contributed by atoms with E-state index >= 15 is 0 Å². The first kappa shape index (κ1) is 33.4. The molecule has 1 aliphatic rings. The van der Waals surface area contributed by atoms with Gasteiger partial charge in [-0.3, -0.25) is 4.39 Å². The zero-order chi connectivity index (χ0) is 23.6. The van der Waals surface area contributed by atoms with Gasteiger partial charge in [-0.2, -0.15) is 0 Å². The Hall–Kier alpha value is -1.24. The molecule has 0 aromatic rings. The number of nitrogens with zero attached hydrogens (tertiary/aromatic N) is 2. The van der Waals surface area contributed by atoms with Crippen LogP contribution in [0.4, 0.5) is 8.78 Å². The van der Waals surface area contributed by atoms with Crippen LogP contribution in [0.1, 0.15) is 53.4 Å². The largest absolute Gasteiger partial charge is 0.492 e. The van der Waals surface area contributed by atoms with E-state index in [0.717, 1.165) is 26.2 Å². The fourth-order valence-corrected chi connectivity index (χ4v) is 2.47. The third kappa shape index (κ3) is 26.8. The molecular formula is C24H49F2N3O. The number of halogens is 2. The predicted octanol–water partition coefficient (Wildman–Crippen LogP) is 5.59. The van der Waals surface area contributed by atoms with E-state index in [1.165, 1.54) is 51.8 Å². The van der Waals surface area contributed by atoms with Crippen molar-refractivity contribution in [2.75, 3.05) is 67.1 Å². The van der Waals surface area contributed by atoms with Crippen molar-refractivity contribution in [3.05, 3.63) is 36.4 Å². The fraction of sp³-hybridized carbons (Fsp3) is 0.750. The van der Waals surface area contributed by atoms with Gasteiger partial charge in [0, 0.05) is 38.8 Å². The number of alkyl halides is 1. The molecule has 30 heavy (non-hydrogen) atoms. The van der Waals surface area contributed by atoms with Gasteiger partial charge in [-0.15, -0.1) is 0 Å². The molecule has 180 valence electrons. The summed E-state index contributed by atoms with van der Waals surface area (Å²) in [6.07, 6.45) is 9.72. The standard InChI is InChI=1S/C16H28FNO.C5H12N2.C2H6.CH3F/c1-5-7-8-9-11-18(4)12-13-19-16(10-6-2)14-15(3)17;1-7-4-2-6-3-5-7;2*1-2/h6,10,14H,2,5,7-9,11-13H2,1,3-4H3;6H,2-5H2,1H3;1-2H3;1H3/b15-14+,16-10+;;;. The highest BCUT2D eigenvalue weighted by Crippen LogP contribution is 2.06. The molecule has 0 aromatic heterocycles. The molecule has 0 saturated carbocycles. The zero-order valence-electron chi connectivity index (χ0n) is 20.8. The van der Waals surface area contributed by atoms with Crippen molar-refractivity contribution in [3.8, 4) is 0 Å². The highest BCUT2D eigenvalue weighted by Gasteiger charge is 2.01. The first-order valence-corrected chi connectivity index (χ1v) is 11.2. The Bertz CT molecular complexity index is 405. The maximum Gasteiger partial charge on any atom is 0.121 e. The van der Waals surface area contributed by atoms with Gasteiger partial charge in [-0.25, -0.2) is 4.39 Å². The fourth-order valence-electron chi connectivity index (χ4n) is 2.47. The molecule has 0 aliphatic carbocycles. The molecule has 0 aromatic carbocycles. The number of allylic oxidation sites excluding steroid dienone is 4. The van der Waals surface area contributed by atoms with Gasteiger partial charge in [0.15, 0.2) is 0 Å². The van der Waals surface area contributed by atoms with Crippen LogP contribution in [0.2, 0.25) is 0 Å². The van der Waals surface area contributed by atoms with Gasteiger partial charge in [0.1, 0.15) is 18.2 Å². The van der Waals surface area contributed by atoms with Crippen LogP contribution in [-0.2, 0) is 4.74 Å². The van der Waals surface area contributed by atoms with Crippen molar-refractivity contribution in [3.63, 3.8) is 0 Å². The lowest BCUT2D eigenvalue weighted by Crippen LogP contribution is -2.40. The molecular weight excluding hydrogens is 384 g/mol. The minimum atomic E-state index is -0.263. The topological polar surface area (TPSA) is 27.7 Å². The minimum absolute atomic E-state index is 0.263. The molecule has 0 atom stereocenters. The van der Waals surface area contributed by atoms with Crippen LogP contribution in [-0.4, -0.2) is 76.9 Å². The molecule has 1 N–H and O–H groups in total. The van der Waals surface area contributed by atoms with Gasteiger partial charge in [-0.05, 0) is 40.1 Å². The lowest BCUT2D eigenvalue weighted by atomic mass is 10.2. The van der Waals surface area contributed by atoms with Crippen LogP contribution in [0.5, 0.6) is 0 Å². The molecule has 0 bridgehead atoms. The van der Waals surface area contributed by atoms with Crippen molar-refractivity contribution in [1.29, 1.82) is 0 Å². The number of piperazine rings is 1. The van der Waals surface area contributed by atoms with Gasteiger partial charge in [0.2, 0.25) is 0 Å². The predicted molar refractivity (Wildman–Crippen MR) is 129 cm³/mol. The number of nitrogens with one attached hydrogen (secondary N) is 1. The number of hydrogen-bond acceptors (Lipinski definition) is 4. The van der Waals surface area contributed by atoms with Crippen LogP contribution >= 0.6 is 0 Å². The number of hydrogen-bond donors (Lipinski definition) is 1. The highest BCUT2D eigenvalue weighted by atomic mass is 19.1. The quantitative estimate of drug-likeness (QED) is 0.261. The third-order valence-electron chi connectivity index (χ3n) is 4.10. The summed E-state index contributed by atoms with van der Waals surface area (Å²) in [6, 6.07) is 0. The Morgan fingerprint density at radius 2 is 1.73 bits per heavy atom. The summed E-state index contributed by atoms with van der Waals surface area (Å²) < 4.78 is 27.8. The summed E-state index contributed by atoms with van der Waals surface area (Å²) in [6.45, 7) is 18.4. The van der Waals surface area contributed by atoms with E-state index in [4.69, 9.17) is 4.74 Å². The van der Waals surface area contributed by atoms with Crippen molar-refractivity contribution < 1.29 is 13.5 Å². The molecule has 1 fully saturated rings. The van der Waals surface area contributed by atoms with Crippen LogP contribution in [0.15, 0.2) is 36.4 Å². The van der Waals surface area contributed by atoms with E-state index < -0.39 is 0 Å². The van der Waals surface area contributed by atoms with E-state index in [0.29, 0.717) is 19.5 Å². The van der Waals surface area contributed by atoms with Crippen molar-refractivity contribution >= 4 is 0 Å². The summed E-state index contributed by atoms with van der Waals surface area (Å²) in [5, 5.41) is 3.27. The zero-order valence-corrected chi connectivity index (χ0v) is 20.8. The van der Waals surface area contributed by atoms with Gasteiger partial charge in [-0.1, -0.05) is 52.7 Å². The summed E-state index contributed by atoms with van der Waals surface area (Å²) in [7, 11) is 4.74. The van der Waals surface area contributed by atoms with Gasteiger partial charge >= 0.3 is 0 Å². The Kier molecular flexibility index (Phi) is 30.9. The monoisotopic (exact) mass is 433 g/mol. The number of likely N-dealkylation sites (N-methyl/N-ethyl adjacent to an activating group) is 2. The Labute approximate surface area is 186 Å². The lowest BCUT2D eigenvalue weighted by molar-refractivity contribution is 0.178. The maximum absolute atomic E-state index is 12.8. The number of ether oxygens (including phenoxy) is 1. The van der Waals surface area contributed by atoms with Crippen LogP contribution in [0, 0.1) is 0 Å². The van der Waals surface area contributed by atoms with Gasteiger partial charge in [0.05, 0.1) is 7.18 Å². The molecule has 4 nitrogen and oxygen atoms in total. The summed E-state index contributed by atoms with van der Waals surface area (Å²) in [5.41, 5.74) is 0. The number of unbranched alkanes of at least 4 members (excludes halogenated alkanes) is 3. The molecule has 0 unspecified atom stereocenters. The third-order valence-corrected chi connectivity index (χ3v) is 4.10. The highest BCUT2D eigenvalue weighted by molar-refractivity contribution is 5.18. The molecule has 1 aliphatic heterocycles. The van der Waals surface area contributed by atoms with Crippen LogP contribution < -0.4 is 5.32 Å². The van der Waals surface area contributed by atoms with Gasteiger partial charge < -0.3 is 19.9 Å². The summed E-state index contributed by atoms with van der Waals surface area (Å²) >= 11 is 0. The Balaban J connectivity index is -0.000000543. The van der Waals surface area contributed by atoms with Crippen molar-refractivity contribution in [2.45, 2.75) is 53.4 Å². The normalized spacial score (nSPS) is 14.5. The molecule has 1 saturated heterocycles. The summed E-state index contributed by atoms with van der Waals surface area (Å²) in [4.78, 5) is 4.57.